The molecule has 0 saturated heterocycles. The van der Waals surface area contributed by atoms with Crippen molar-refractivity contribution < 1.29 is 13.9 Å². The largest absolute Gasteiger partial charge is 0.485 e. The standard InChI is InChI=1S/C13H18FNO2/c1-16-11-4-2-3-5-12(11)17-13-8-9(14)6-7-10(13)15/h6-8,11-12H,2-5,15H2,1H3. The molecule has 17 heavy (non-hydrogen) atoms. The van der Waals surface area contributed by atoms with Crippen LogP contribution in [-0.4, -0.2) is 19.3 Å². The Balaban J connectivity index is 2.10. The highest BCUT2D eigenvalue weighted by Gasteiger charge is 2.27. The average molecular weight is 239 g/mol. The van der Waals surface area contributed by atoms with Crippen LogP contribution in [0.4, 0.5) is 10.1 Å². The minimum Gasteiger partial charge on any atom is -0.485 e. The third kappa shape index (κ3) is 2.88. The first-order valence-corrected chi connectivity index (χ1v) is 5.95. The van der Waals surface area contributed by atoms with Gasteiger partial charge in [-0.25, -0.2) is 4.39 Å². The molecule has 4 heteroatoms. The Labute approximate surface area is 101 Å². The van der Waals surface area contributed by atoms with E-state index in [1.54, 1.807) is 7.11 Å². The van der Waals surface area contributed by atoms with Crippen molar-refractivity contribution in [3.8, 4) is 5.75 Å². The average Bonchev–Trinajstić information content (AvgIpc) is 2.34. The quantitative estimate of drug-likeness (QED) is 0.825. The summed E-state index contributed by atoms with van der Waals surface area (Å²) in [5, 5.41) is 0. The zero-order valence-corrected chi connectivity index (χ0v) is 9.99. The van der Waals surface area contributed by atoms with Gasteiger partial charge in [0.25, 0.3) is 0 Å². The van der Waals surface area contributed by atoms with E-state index in [4.69, 9.17) is 15.2 Å². The molecule has 1 saturated carbocycles. The third-order valence-corrected chi connectivity index (χ3v) is 3.20. The Bertz CT molecular complexity index is 384. The summed E-state index contributed by atoms with van der Waals surface area (Å²) in [6.45, 7) is 0. The topological polar surface area (TPSA) is 44.5 Å². The van der Waals surface area contributed by atoms with E-state index in [9.17, 15) is 4.39 Å². The van der Waals surface area contributed by atoms with E-state index in [0.29, 0.717) is 11.4 Å². The molecular formula is C13H18FNO2. The van der Waals surface area contributed by atoms with E-state index in [1.807, 2.05) is 0 Å². The van der Waals surface area contributed by atoms with E-state index in [0.717, 1.165) is 25.7 Å². The van der Waals surface area contributed by atoms with E-state index < -0.39 is 0 Å². The minimum atomic E-state index is -0.334. The molecule has 1 aliphatic rings. The van der Waals surface area contributed by atoms with E-state index in [-0.39, 0.29) is 18.0 Å². The van der Waals surface area contributed by atoms with Gasteiger partial charge in [-0.3, -0.25) is 0 Å². The van der Waals surface area contributed by atoms with Crippen LogP contribution in [0.15, 0.2) is 18.2 Å². The van der Waals surface area contributed by atoms with Gasteiger partial charge < -0.3 is 15.2 Å². The fourth-order valence-corrected chi connectivity index (χ4v) is 2.24. The number of hydrogen-bond acceptors (Lipinski definition) is 3. The SMILES string of the molecule is COC1CCCCC1Oc1cc(F)ccc1N. The van der Waals surface area contributed by atoms with Crippen LogP contribution in [0.3, 0.4) is 0 Å². The van der Waals surface area contributed by atoms with Crippen LogP contribution in [-0.2, 0) is 4.74 Å². The summed E-state index contributed by atoms with van der Waals surface area (Å²) >= 11 is 0. The van der Waals surface area contributed by atoms with Gasteiger partial charge in [0.05, 0.1) is 11.8 Å². The first kappa shape index (κ1) is 12.2. The summed E-state index contributed by atoms with van der Waals surface area (Å²) in [5.74, 6) is 0.0814. The van der Waals surface area contributed by atoms with Gasteiger partial charge >= 0.3 is 0 Å². The van der Waals surface area contributed by atoms with Crippen LogP contribution in [0.2, 0.25) is 0 Å². The zero-order valence-electron chi connectivity index (χ0n) is 9.99. The van der Waals surface area contributed by atoms with E-state index in [1.165, 1.54) is 18.2 Å². The fourth-order valence-electron chi connectivity index (χ4n) is 2.24. The Morgan fingerprint density at radius 1 is 1.24 bits per heavy atom. The minimum absolute atomic E-state index is 0.0298. The summed E-state index contributed by atoms with van der Waals surface area (Å²) in [4.78, 5) is 0. The van der Waals surface area contributed by atoms with Crippen LogP contribution >= 0.6 is 0 Å². The van der Waals surface area contributed by atoms with E-state index in [2.05, 4.69) is 0 Å². The molecule has 0 bridgehead atoms. The fraction of sp³-hybridized carbons (Fsp3) is 0.538. The molecule has 2 N–H and O–H groups in total. The van der Waals surface area contributed by atoms with Crippen LogP contribution < -0.4 is 10.5 Å². The highest BCUT2D eigenvalue weighted by Crippen LogP contribution is 2.29. The predicted molar refractivity (Wildman–Crippen MR) is 64.5 cm³/mol. The predicted octanol–water partition coefficient (Wildman–Crippen LogP) is 2.74. The van der Waals surface area contributed by atoms with Gasteiger partial charge in [-0.15, -0.1) is 0 Å². The number of hydrogen-bond donors (Lipinski definition) is 1. The number of halogens is 1. The molecule has 2 unspecified atom stereocenters. The van der Waals surface area contributed by atoms with Crippen molar-refractivity contribution in [2.24, 2.45) is 0 Å². The lowest BCUT2D eigenvalue weighted by atomic mass is 9.94. The lowest BCUT2D eigenvalue weighted by Gasteiger charge is -2.31. The summed E-state index contributed by atoms with van der Waals surface area (Å²) in [7, 11) is 1.68. The molecule has 94 valence electrons. The summed E-state index contributed by atoms with van der Waals surface area (Å²) in [5.41, 5.74) is 6.23. The van der Waals surface area contributed by atoms with E-state index >= 15 is 0 Å². The van der Waals surface area contributed by atoms with Crippen LogP contribution in [0.5, 0.6) is 5.75 Å². The number of anilines is 1. The molecule has 0 radical (unpaired) electrons. The molecule has 0 amide bonds. The Hall–Kier alpha value is -1.29. The molecule has 1 fully saturated rings. The molecule has 0 heterocycles. The molecular weight excluding hydrogens is 221 g/mol. The highest BCUT2D eigenvalue weighted by molar-refractivity contribution is 5.52. The van der Waals surface area contributed by atoms with Crippen molar-refractivity contribution in [2.45, 2.75) is 37.9 Å². The third-order valence-electron chi connectivity index (χ3n) is 3.20. The summed E-state index contributed by atoms with van der Waals surface area (Å²) in [6, 6.07) is 4.18. The van der Waals surface area contributed by atoms with Crippen molar-refractivity contribution in [1.82, 2.24) is 0 Å². The normalized spacial score (nSPS) is 24.6. The Morgan fingerprint density at radius 3 is 2.65 bits per heavy atom. The summed E-state index contributed by atoms with van der Waals surface area (Å²) in [6.07, 6.45) is 4.21. The van der Waals surface area contributed by atoms with Gasteiger partial charge in [-0.2, -0.15) is 0 Å². The van der Waals surface area contributed by atoms with Crippen LogP contribution in [0.25, 0.3) is 0 Å². The lowest BCUT2D eigenvalue weighted by molar-refractivity contribution is -0.0227. The molecule has 2 atom stereocenters. The molecule has 0 aliphatic heterocycles. The Kier molecular flexibility index (Phi) is 3.84. The number of ether oxygens (including phenoxy) is 2. The maximum atomic E-state index is 13.1. The molecule has 3 nitrogen and oxygen atoms in total. The van der Waals surface area contributed by atoms with Crippen LogP contribution in [0.1, 0.15) is 25.7 Å². The van der Waals surface area contributed by atoms with Crippen molar-refractivity contribution in [2.75, 3.05) is 12.8 Å². The second-order valence-electron chi connectivity index (χ2n) is 4.40. The van der Waals surface area contributed by atoms with Crippen molar-refractivity contribution in [3.63, 3.8) is 0 Å². The zero-order chi connectivity index (χ0) is 12.3. The molecule has 2 rings (SSSR count). The maximum Gasteiger partial charge on any atom is 0.145 e. The number of benzene rings is 1. The van der Waals surface area contributed by atoms with Gasteiger partial charge in [-0.05, 0) is 31.4 Å². The molecule has 0 aromatic heterocycles. The number of nitrogens with two attached hydrogens (primary N) is 1. The molecule has 1 aromatic rings. The molecule has 1 aromatic carbocycles. The van der Waals surface area contributed by atoms with Gasteiger partial charge in [0, 0.05) is 13.2 Å². The monoisotopic (exact) mass is 239 g/mol. The van der Waals surface area contributed by atoms with Crippen molar-refractivity contribution >= 4 is 5.69 Å². The van der Waals surface area contributed by atoms with Crippen molar-refractivity contribution in [1.29, 1.82) is 0 Å². The molecule has 1 aliphatic carbocycles. The van der Waals surface area contributed by atoms with Crippen molar-refractivity contribution in [3.05, 3.63) is 24.0 Å². The second kappa shape index (κ2) is 5.36. The number of nitrogen functional groups attached to an aromatic ring is 1. The molecule has 0 spiro atoms. The smallest absolute Gasteiger partial charge is 0.145 e. The van der Waals surface area contributed by atoms with Gasteiger partial charge in [-0.1, -0.05) is 6.42 Å². The lowest BCUT2D eigenvalue weighted by Crippen LogP contribution is -2.36. The first-order valence-electron chi connectivity index (χ1n) is 5.95. The Morgan fingerprint density at radius 2 is 1.94 bits per heavy atom. The van der Waals surface area contributed by atoms with Gasteiger partial charge in [0.2, 0.25) is 0 Å². The first-order chi connectivity index (χ1) is 8.20. The van der Waals surface area contributed by atoms with Gasteiger partial charge in [0.1, 0.15) is 17.7 Å². The maximum absolute atomic E-state index is 13.1. The van der Waals surface area contributed by atoms with Gasteiger partial charge in [0.15, 0.2) is 0 Å². The number of rotatable bonds is 3. The van der Waals surface area contributed by atoms with Crippen LogP contribution in [0, 0.1) is 5.82 Å². The second-order valence-corrected chi connectivity index (χ2v) is 4.40. The number of methoxy groups -OCH3 is 1. The summed E-state index contributed by atoms with van der Waals surface area (Å²) < 4.78 is 24.3. The highest BCUT2D eigenvalue weighted by atomic mass is 19.1.